The fourth-order valence-corrected chi connectivity index (χ4v) is 3.91. The minimum absolute atomic E-state index is 0.000475. The lowest BCUT2D eigenvalue weighted by molar-refractivity contribution is -0.124. The third kappa shape index (κ3) is 4.25. The minimum atomic E-state index is -0.000475. The van der Waals surface area contributed by atoms with Crippen LogP contribution in [0.2, 0.25) is 0 Å². The number of aromatic amines is 1. The molecule has 1 atom stereocenters. The lowest BCUT2D eigenvalue weighted by Gasteiger charge is -2.15. The van der Waals surface area contributed by atoms with E-state index in [1.165, 1.54) is 0 Å². The SMILES string of the molecule is Cc1csc(Nc2cc(C3CCN(C(=O)/C=C/c4cnc[nH]4)C3)nc(C)n2)n1. The Balaban J connectivity index is 1.44. The summed E-state index contributed by atoms with van der Waals surface area (Å²) in [7, 11) is 0. The molecule has 8 nitrogen and oxygen atoms in total. The van der Waals surface area contributed by atoms with Crippen molar-refractivity contribution in [2.75, 3.05) is 18.4 Å². The highest BCUT2D eigenvalue weighted by Crippen LogP contribution is 2.28. The third-order valence-corrected chi connectivity index (χ3v) is 5.43. The fourth-order valence-electron chi connectivity index (χ4n) is 3.21. The van der Waals surface area contributed by atoms with Crippen molar-refractivity contribution in [3.63, 3.8) is 0 Å². The van der Waals surface area contributed by atoms with Crippen LogP contribution in [0.25, 0.3) is 6.08 Å². The van der Waals surface area contributed by atoms with E-state index in [1.54, 1.807) is 36.0 Å². The normalized spacial score (nSPS) is 16.8. The second-order valence-corrected chi connectivity index (χ2v) is 7.61. The molecule has 4 rings (SSSR count). The van der Waals surface area contributed by atoms with Gasteiger partial charge in [0.25, 0.3) is 0 Å². The van der Waals surface area contributed by atoms with E-state index in [2.05, 4.69) is 30.2 Å². The molecule has 3 aromatic rings. The Kier molecular flexibility index (Phi) is 5.16. The van der Waals surface area contributed by atoms with Crippen molar-refractivity contribution in [2.24, 2.45) is 0 Å². The quantitative estimate of drug-likeness (QED) is 0.644. The van der Waals surface area contributed by atoms with Crippen LogP contribution in [-0.2, 0) is 4.79 Å². The van der Waals surface area contributed by atoms with E-state index >= 15 is 0 Å². The number of thiazole rings is 1. The molecule has 0 aliphatic carbocycles. The molecule has 3 aromatic heterocycles. The maximum absolute atomic E-state index is 12.4. The summed E-state index contributed by atoms with van der Waals surface area (Å²) in [6, 6.07) is 1.96. The molecule has 1 saturated heterocycles. The minimum Gasteiger partial charge on any atom is -0.345 e. The second-order valence-electron chi connectivity index (χ2n) is 6.75. The summed E-state index contributed by atoms with van der Waals surface area (Å²) in [5.41, 5.74) is 2.74. The Bertz CT molecular complexity index is 996. The van der Waals surface area contributed by atoms with Crippen molar-refractivity contribution in [2.45, 2.75) is 26.2 Å². The first kappa shape index (κ1) is 18.3. The van der Waals surface area contributed by atoms with Crippen molar-refractivity contribution in [3.8, 4) is 0 Å². The molecule has 1 aliphatic rings. The molecule has 1 aliphatic heterocycles. The van der Waals surface area contributed by atoms with E-state index in [4.69, 9.17) is 0 Å². The topological polar surface area (TPSA) is 99.7 Å². The Hall–Kier alpha value is -3.07. The Labute approximate surface area is 166 Å². The van der Waals surface area contributed by atoms with Crippen LogP contribution in [0.4, 0.5) is 10.9 Å². The van der Waals surface area contributed by atoms with E-state index in [0.717, 1.165) is 34.5 Å². The molecule has 0 saturated carbocycles. The van der Waals surface area contributed by atoms with Crippen LogP contribution in [0.1, 0.15) is 35.2 Å². The van der Waals surface area contributed by atoms with Crippen LogP contribution in [0.5, 0.6) is 0 Å². The fraction of sp³-hybridized carbons (Fsp3) is 0.316. The van der Waals surface area contributed by atoms with E-state index < -0.39 is 0 Å². The molecule has 28 heavy (non-hydrogen) atoms. The number of nitrogens with one attached hydrogen (secondary N) is 2. The van der Waals surface area contributed by atoms with Gasteiger partial charge in [0.05, 0.1) is 29.6 Å². The van der Waals surface area contributed by atoms with Crippen LogP contribution < -0.4 is 5.32 Å². The van der Waals surface area contributed by atoms with Gasteiger partial charge in [-0.25, -0.2) is 19.9 Å². The van der Waals surface area contributed by atoms with Crippen molar-refractivity contribution >= 4 is 34.3 Å². The van der Waals surface area contributed by atoms with Crippen molar-refractivity contribution in [3.05, 3.63) is 53.0 Å². The number of carbonyl (C=O) groups is 1. The van der Waals surface area contributed by atoms with Gasteiger partial charge in [0.2, 0.25) is 5.91 Å². The first-order chi connectivity index (χ1) is 13.6. The average Bonchev–Trinajstić information content (AvgIpc) is 3.41. The lowest BCUT2D eigenvalue weighted by atomic mass is 10.0. The van der Waals surface area contributed by atoms with Gasteiger partial charge in [-0.3, -0.25) is 4.79 Å². The Morgan fingerprint density at radius 2 is 2.25 bits per heavy atom. The molecule has 0 spiro atoms. The van der Waals surface area contributed by atoms with Crippen molar-refractivity contribution in [1.82, 2.24) is 29.8 Å². The van der Waals surface area contributed by atoms with Gasteiger partial charge in [-0.05, 0) is 26.3 Å². The van der Waals surface area contributed by atoms with Crippen LogP contribution in [-0.4, -0.2) is 48.8 Å². The summed E-state index contributed by atoms with van der Waals surface area (Å²) in [6.45, 7) is 5.21. The van der Waals surface area contributed by atoms with Gasteiger partial charge >= 0.3 is 0 Å². The predicted octanol–water partition coefficient (Wildman–Crippen LogP) is 3.05. The molecule has 4 heterocycles. The molecule has 0 bridgehead atoms. The predicted molar refractivity (Wildman–Crippen MR) is 108 cm³/mol. The van der Waals surface area contributed by atoms with Gasteiger partial charge in [-0.15, -0.1) is 11.3 Å². The van der Waals surface area contributed by atoms with Gasteiger partial charge < -0.3 is 15.2 Å². The number of rotatable bonds is 5. The third-order valence-electron chi connectivity index (χ3n) is 4.55. The number of carbonyl (C=O) groups excluding carboxylic acids is 1. The van der Waals surface area contributed by atoms with Crippen LogP contribution in [0.3, 0.4) is 0 Å². The van der Waals surface area contributed by atoms with Crippen molar-refractivity contribution in [1.29, 1.82) is 0 Å². The summed E-state index contributed by atoms with van der Waals surface area (Å²) >= 11 is 1.55. The van der Waals surface area contributed by atoms with Gasteiger partial charge in [-0.2, -0.15) is 0 Å². The summed E-state index contributed by atoms with van der Waals surface area (Å²) in [4.78, 5) is 34.7. The van der Waals surface area contributed by atoms with Gasteiger partial charge in [0, 0.05) is 36.5 Å². The van der Waals surface area contributed by atoms with Crippen molar-refractivity contribution < 1.29 is 4.79 Å². The smallest absolute Gasteiger partial charge is 0.246 e. The van der Waals surface area contributed by atoms with Gasteiger partial charge in [0.15, 0.2) is 5.13 Å². The first-order valence-corrected chi connectivity index (χ1v) is 9.95. The Morgan fingerprint density at radius 1 is 1.36 bits per heavy atom. The molecular weight excluding hydrogens is 374 g/mol. The number of H-pyrrole nitrogens is 1. The summed E-state index contributed by atoms with van der Waals surface area (Å²) < 4.78 is 0. The van der Waals surface area contributed by atoms with Gasteiger partial charge in [0.1, 0.15) is 11.6 Å². The summed E-state index contributed by atoms with van der Waals surface area (Å²) in [6.07, 6.45) is 7.48. The zero-order chi connectivity index (χ0) is 19.5. The number of anilines is 2. The number of hydrogen-bond acceptors (Lipinski definition) is 7. The van der Waals surface area contributed by atoms with E-state index in [1.807, 2.05) is 30.2 Å². The zero-order valence-corrected chi connectivity index (χ0v) is 16.5. The highest BCUT2D eigenvalue weighted by molar-refractivity contribution is 7.13. The number of imidazole rings is 1. The van der Waals surface area contributed by atoms with Crippen LogP contribution >= 0.6 is 11.3 Å². The number of aryl methyl sites for hydroxylation is 2. The largest absolute Gasteiger partial charge is 0.345 e. The van der Waals surface area contributed by atoms with E-state index in [9.17, 15) is 4.79 Å². The summed E-state index contributed by atoms with van der Waals surface area (Å²) in [5, 5.41) is 6.06. The monoisotopic (exact) mass is 395 g/mol. The van der Waals surface area contributed by atoms with Crippen LogP contribution in [0, 0.1) is 13.8 Å². The zero-order valence-electron chi connectivity index (χ0n) is 15.7. The van der Waals surface area contributed by atoms with Crippen LogP contribution in [0.15, 0.2) is 30.0 Å². The number of hydrogen-bond donors (Lipinski definition) is 2. The molecule has 0 aromatic carbocycles. The molecule has 9 heteroatoms. The second kappa shape index (κ2) is 7.89. The number of amides is 1. The number of likely N-dealkylation sites (tertiary alicyclic amines) is 1. The maximum atomic E-state index is 12.4. The standard InChI is InChI=1S/C19H21N7OS/c1-12-10-28-19(22-12)25-17-7-16(23-13(2)24-17)14-5-6-26(9-14)18(27)4-3-15-8-20-11-21-15/h3-4,7-8,10-11,14H,5-6,9H2,1-2H3,(H,20,21)(H,22,23,24,25)/b4-3+. The molecule has 1 fully saturated rings. The average molecular weight is 395 g/mol. The highest BCUT2D eigenvalue weighted by Gasteiger charge is 2.27. The highest BCUT2D eigenvalue weighted by atomic mass is 32.1. The maximum Gasteiger partial charge on any atom is 0.246 e. The lowest BCUT2D eigenvalue weighted by Crippen LogP contribution is -2.26. The number of nitrogens with zero attached hydrogens (tertiary/aromatic N) is 5. The van der Waals surface area contributed by atoms with Gasteiger partial charge in [-0.1, -0.05) is 0 Å². The first-order valence-electron chi connectivity index (χ1n) is 9.07. The van der Waals surface area contributed by atoms with E-state index in [-0.39, 0.29) is 11.8 Å². The Morgan fingerprint density at radius 3 is 3.00 bits per heavy atom. The summed E-state index contributed by atoms with van der Waals surface area (Å²) in [5.74, 6) is 1.64. The van der Waals surface area contributed by atoms with E-state index in [0.29, 0.717) is 18.9 Å². The molecule has 1 amide bonds. The molecule has 144 valence electrons. The molecule has 1 unspecified atom stereocenters. The number of aromatic nitrogens is 5. The molecule has 0 radical (unpaired) electrons. The molecule has 2 N–H and O–H groups in total. The molecular formula is C19H21N7OS.